The lowest BCUT2D eigenvalue weighted by Gasteiger charge is -2.40. The predicted molar refractivity (Wildman–Crippen MR) is 370 cm³/mol. The fraction of sp³-hybridized carbons (Fsp3) is 0.160. The van der Waals surface area contributed by atoms with Crippen molar-refractivity contribution in [2.24, 2.45) is 7.05 Å². The summed E-state index contributed by atoms with van der Waals surface area (Å²) in [6.45, 7) is 9.29. The summed E-state index contributed by atoms with van der Waals surface area (Å²) in [4.78, 5) is 8.98. The molecule has 0 fully saturated rings. The van der Waals surface area contributed by atoms with Gasteiger partial charge in [-0.15, -0.1) is 0 Å². The molecule has 0 radical (unpaired) electrons. The van der Waals surface area contributed by atoms with E-state index in [-0.39, 0.29) is 10.8 Å². The molecular weight excluding hydrogens is 1060 g/mol. The first kappa shape index (κ1) is 56.1. The molecule has 17 rings (SSSR count). The lowest BCUT2D eigenvalue weighted by atomic mass is 9.74. The van der Waals surface area contributed by atoms with Crippen molar-refractivity contribution in [3.63, 3.8) is 0 Å². The van der Waals surface area contributed by atoms with Crippen molar-refractivity contribution in [3.05, 3.63) is 299 Å². The van der Waals surface area contributed by atoms with Crippen LogP contribution in [0.1, 0.15) is 72.2 Å². The molecule has 12 aromatic rings. The summed E-state index contributed by atoms with van der Waals surface area (Å²) >= 11 is 0. The second-order valence-corrected chi connectivity index (χ2v) is 24.3. The number of anilines is 8. The van der Waals surface area contributed by atoms with Gasteiger partial charge in [-0.25, -0.2) is 0 Å². The lowest BCUT2D eigenvalue weighted by Crippen LogP contribution is -2.30. The number of hydrogen-bond acceptors (Lipinski definition) is 5. The van der Waals surface area contributed by atoms with Gasteiger partial charge in [0.1, 0.15) is 0 Å². The molecular formula is C81H75N5O. The molecule has 0 amide bonds. The minimum Gasteiger partial charge on any atom is -0.453 e. The fourth-order valence-corrected chi connectivity index (χ4v) is 13.8. The molecule has 87 heavy (non-hydrogen) atoms. The Morgan fingerprint density at radius 1 is 0.299 bits per heavy atom. The van der Waals surface area contributed by atoms with Crippen molar-refractivity contribution in [2.75, 3.05) is 47.8 Å². The molecule has 6 nitrogen and oxygen atoms in total. The van der Waals surface area contributed by atoms with Crippen LogP contribution < -0.4 is 24.3 Å². The number of benzene rings is 11. The third kappa shape index (κ3) is 10.2. The van der Waals surface area contributed by atoms with E-state index in [9.17, 15) is 0 Å². The smallest absolute Gasteiger partial charge is 0.151 e. The van der Waals surface area contributed by atoms with E-state index in [1.165, 1.54) is 112 Å². The van der Waals surface area contributed by atoms with Gasteiger partial charge in [-0.1, -0.05) is 216 Å². The summed E-state index contributed by atoms with van der Waals surface area (Å²) < 4.78 is 8.13. The average molecular weight is 1130 g/mol. The van der Waals surface area contributed by atoms with Crippen LogP contribution in [0.3, 0.4) is 0 Å². The van der Waals surface area contributed by atoms with E-state index in [0.717, 1.165) is 35.7 Å². The van der Waals surface area contributed by atoms with E-state index in [1.807, 2.05) is 36.4 Å². The highest BCUT2D eigenvalue weighted by Gasteiger charge is 2.37. The van der Waals surface area contributed by atoms with E-state index in [1.54, 1.807) is 0 Å². The molecule has 6 heteroatoms. The first-order chi connectivity index (χ1) is 42.3. The monoisotopic (exact) mass is 1130 g/mol. The number of aryl methyl sites for hydroxylation is 3. The number of aromatic nitrogens is 1. The first-order valence-corrected chi connectivity index (χ1v) is 30.4. The molecule has 0 N–H and O–H groups in total. The van der Waals surface area contributed by atoms with Gasteiger partial charge in [0.2, 0.25) is 0 Å². The summed E-state index contributed by atoms with van der Waals surface area (Å²) in [5, 5.41) is 2.70. The van der Waals surface area contributed by atoms with Crippen LogP contribution in [-0.2, 0) is 30.7 Å². The van der Waals surface area contributed by atoms with Gasteiger partial charge >= 0.3 is 0 Å². The molecule has 1 aromatic heterocycles. The zero-order valence-electron chi connectivity index (χ0n) is 51.5. The molecule has 0 saturated carbocycles. The van der Waals surface area contributed by atoms with Crippen LogP contribution in [0.15, 0.2) is 255 Å². The van der Waals surface area contributed by atoms with Gasteiger partial charge in [-0.3, -0.25) is 0 Å². The van der Waals surface area contributed by atoms with E-state index in [0.29, 0.717) is 0 Å². The summed E-state index contributed by atoms with van der Waals surface area (Å²) in [6.07, 6.45) is 6.63. The van der Waals surface area contributed by atoms with Gasteiger partial charge in [0.25, 0.3) is 0 Å². The van der Waals surface area contributed by atoms with Gasteiger partial charge in [0.15, 0.2) is 11.5 Å². The fourth-order valence-electron chi connectivity index (χ4n) is 13.8. The highest BCUT2D eigenvalue weighted by molar-refractivity contribution is 6.10. The minimum atomic E-state index is 0.0660. The van der Waals surface area contributed by atoms with Crippen molar-refractivity contribution in [3.8, 4) is 22.6 Å². The van der Waals surface area contributed by atoms with Crippen LogP contribution in [0, 0.1) is 0 Å². The number of ether oxygens (including phenoxy) is 1. The molecule has 1 aliphatic carbocycles. The molecule has 11 aromatic carbocycles. The van der Waals surface area contributed by atoms with Crippen LogP contribution in [0.25, 0.3) is 45.1 Å². The Balaban J connectivity index is 0.000000102. The van der Waals surface area contributed by atoms with Crippen LogP contribution in [0.4, 0.5) is 45.5 Å². The quantitative estimate of drug-likeness (QED) is 0.151. The number of para-hydroxylation sites is 11. The molecule has 0 saturated heterocycles. The minimum absolute atomic E-state index is 0.0660. The lowest BCUT2D eigenvalue weighted by molar-refractivity contribution is 0.475. The largest absolute Gasteiger partial charge is 0.453 e. The van der Waals surface area contributed by atoms with Crippen LogP contribution in [0.2, 0.25) is 0 Å². The number of nitrogens with zero attached hydrogens (tertiary/aromatic N) is 5. The van der Waals surface area contributed by atoms with Crippen molar-refractivity contribution in [1.29, 1.82) is 0 Å². The third-order valence-electron chi connectivity index (χ3n) is 18.6. The van der Waals surface area contributed by atoms with Crippen molar-refractivity contribution in [1.82, 2.24) is 4.57 Å². The SMILES string of the molecule is CN1c2ccccc2C(C)(C)c2ccccc21.CN1c2ccccc2C=Cc2ccccc21.CN1c2ccccc2CCc2ccccc21.CN1c2ccccc2Oc2ccccc21.Cn1c2ccccc2c2cc3c(cc21)C(C)(C)c1ccccc1-3. The highest BCUT2D eigenvalue weighted by atomic mass is 16.5. The van der Waals surface area contributed by atoms with E-state index >= 15 is 0 Å². The summed E-state index contributed by atoms with van der Waals surface area (Å²) in [7, 11) is 10.6. The van der Waals surface area contributed by atoms with Crippen molar-refractivity contribution >= 4 is 79.5 Å². The highest BCUT2D eigenvalue weighted by Crippen LogP contribution is 2.52. The predicted octanol–water partition coefficient (Wildman–Crippen LogP) is 20.8. The molecule has 430 valence electrons. The molecule has 0 spiro atoms. The normalized spacial score (nSPS) is 14.3. The van der Waals surface area contributed by atoms with Crippen LogP contribution >= 0.6 is 0 Å². The summed E-state index contributed by atoms with van der Waals surface area (Å²) in [6, 6.07) is 90.1. The third-order valence-corrected chi connectivity index (χ3v) is 18.6. The topological polar surface area (TPSA) is 27.1 Å². The maximum Gasteiger partial charge on any atom is 0.151 e. The Kier molecular flexibility index (Phi) is 14.9. The number of hydrogen-bond donors (Lipinski definition) is 0. The Labute approximate surface area is 514 Å². The van der Waals surface area contributed by atoms with Crippen LogP contribution in [0.5, 0.6) is 11.5 Å². The van der Waals surface area contributed by atoms with E-state index in [2.05, 4.69) is 318 Å². The van der Waals surface area contributed by atoms with Gasteiger partial charge in [-0.2, -0.15) is 0 Å². The second kappa shape index (κ2) is 23.1. The Hall–Kier alpha value is -10.0. The van der Waals surface area contributed by atoms with Gasteiger partial charge in [0, 0.05) is 102 Å². The average Bonchev–Trinajstić information content (AvgIpc) is 2.18. The van der Waals surface area contributed by atoms with Gasteiger partial charge in [0.05, 0.1) is 11.4 Å². The summed E-state index contributed by atoms with van der Waals surface area (Å²) in [5.74, 6) is 1.83. The zero-order chi connectivity index (χ0) is 60.0. The molecule has 0 unspecified atom stereocenters. The second-order valence-electron chi connectivity index (χ2n) is 24.3. The van der Waals surface area contributed by atoms with E-state index in [4.69, 9.17) is 4.74 Å². The first-order valence-electron chi connectivity index (χ1n) is 30.4. The molecule has 0 bridgehead atoms. The molecule has 4 aliphatic heterocycles. The standard InChI is InChI=1S/C22H19N.C16H17N.C15H15N.C15H13N.C13H11NO/c1-22(2)18-10-6-4-8-14(18)16-12-17-15-9-5-7-11-20(15)23(3)21(17)13-19(16)22;1-16(2)12-8-4-6-10-14(12)17(3)15-11-7-5-9-13(15)16;2*1-16-14-8-4-2-6-12(14)10-11-13-7-3-5-9-15(13)16;1-14-10-6-2-4-8-12(10)15-13-9-5-3-7-11(13)14/h4-13H,1-3H3;4-11H,1-3H3;2-9H,10-11H2,1H3;2-11H,1H3;2-9H,1H3. The van der Waals surface area contributed by atoms with Crippen LogP contribution in [-0.4, -0.2) is 32.8 Å². The van der Waals surface area contributed by atoms with Gasteiger partial charge in [-0.05, 0) is 147 Å². The Bertz CT molecular complexity index is 4370. The van der Waals surface area contributed by atoms with Crippen molar-refractivity contribution < 1.29 is 4.74 Å². The Morgan fingerprint density at radius 2 is 0.678 bits per heavy atom. The number of fused-ring (bicyclic) bond motifs is 14. The molecule has 5 heterocycles. The zero-order valence-corrected chi connectivity index (χ0v) is 51.5. The maximum atomic E-state index is 5.81. The molecule has 0 atom stereocenters. The maximum absolute atomic E-state index is 5.81. The van der Waals surface area contributed by atoms with Crippen molar-refractivity contribution in [2.45, 2.75) is 51.4 Å². The summed E-state index contributed by atoms with van der Waals surface area (Å²) in [5.41, 5.74) is 26.7. The van der Waals surface area contributed by atoms with E-state index < -0.39 is 0 Å². The Morgan fingerprint density at radius 3 is 1.23 bits per heavy atom. The molecule has 5 aliphatic rings. The number of rotatable bonds is 0. The van der Waals surface area contributed by atoms with Gasteiger partial charge < -0.3 is 28.9 Å².